The van der Waals surface area contributed by atoms with Gasteiger partial charge in [-0.2, -0.15) is 5.26 Å². The molecular formula is C22H26N4O4. The highest BCUT2D eigenvalue weighted by Crippen LogP contribution is 2.31. The summed E-state index contributed by atoms with van der Waals surface area (Å²) in [7, 11) is 0. The molecule has 8 nitrogen and oxygen atoms in total. The average molecular weight is 410 g/mol. The zero-order valence-electron chi connectivity index (χ0n) is 17.5. The summed E-state index contributed by atoms with van der Waals surface area (Å²) in [5.41, 5.74) is 1.50. The van der Waals surface area contributed by atoms with E-state index in [1.807, 2.05) is 29.2 Å². The van der Waals surface area contributed by atoms with E-state index < -0.39 is 11.9 Å². The number of carbonyl (C=O) groups is 2. The molecule has 1 fully saturated rings. The van der Waals surface area contributed by atoms with Crippen LogP contribution in [0, 0.1) is 17.2 Å². The second kappa shape index (κ2) is 9.53. The lowest BCUT2D eigenvalue weighted by Crippen LogP contribution is -2.41. The van der Waals surface area contributed by atoms with Crippen LogP contribution in [0.3, 0.4) is 0 Å². The monoisotopic (exact) mass is 410 g/mol. The van der Waals surface area contributed by atoms with Crippen LogP contribution in [0.4, 0.5) is 5.82 Å². The molecule has 1 aliphatic rings. The van der Waals surface area contributed by atoms with Gasteiger partial charge in [-0.05, 0) is 45.7 Å². The Morgan fingerprint density at radius 3 is 2.60 bits per heavy atom. The molecule has 0 N–H and O–H groups in total. The lowest BCUT2D eigenvalue weighted by molar-refractivity contribution is -0.149. The maximum atomic E-state index is 12.6. The molecule has 0 radical (unpaired) electrons. The Morgan fingerprint density at radius 1 is 1.27 bits per heavy atom. The Balaban J connectivity index is 2.04. The van der Waals surface area contributed by atoms with E-state index in [9.17, 15) is 14.9 Å². The quantitative estimate of drug-likeness (QED) is 0.669. The van der Waals surface area contributed by atoms with Crippen LogP contribution in [0.5, 0.6) is 0 Å². The zero-order valence-corrected chi connectivity index (χ0v) is 17.5. The SMILES string of the molecule is CCOC(=O)[C@H]1CCCN(c2nc3ccccc3nc2[C@@H](C#N)C(=O)OC(C)C)C1. The van der Waals surface area contributed by atoms with Crippen molar-refractivity contribution >= 4 is 28.8 Å². The molecule has 0 saturated carbocycles. The minimum atomic E-state index is -1.21. The number of anilines is 1. The van der Waals surface area contributed by atoms with Crippen LogP contribution >= 0.6 is 0 Å². The van der Waals surface area contributed by atoms with Crippen molar-refractivity contribution in [3.8, 4) is 6.07 Å². The number of rotatable bonds is 6. The van der Waals surface area contributed by atoms with E-state index in [1.165, 1.54) is 0 Å². The average Bonchev–Trinajstić information content (AvgIpc) is 2.73. The van der Waals surface area contributed by atoms with Crippen LogP contribution in [0.1, 0.15) is 45.2 Å². The molecule has 158 valence electrons. The van der Waals surface area contributed by atoms with Crippen molar-refractivity contribution in [1.29, 1.82) is 5.26 Å². The van der Waals surface area contributed by atoms with Gasteiger partial charge in [0.25, 0.3) is 0 Å². The number of benzene rings is 1. The van der Waals surface area contributed by atoms with Gasteiger partial charge in [0.05, 0.1) is 35.7 Å². The molecule has 1 aliphatic heterocycles. The number of hydrogen-bond acceptors (Lipinski definition) is 8. The molecule has 0 bridgehead atoms. The van der Waals surface area contributed by atoms with Gasteiger partial charge in [0, 0.05) is 13.1 Å². The minimum Gasteiger partial charge on any atom is -0.466 e. The first-order chi connectivity index (χ1) is 14.4. The van der Waals surface area contributed by atoms with Crippen molar-refractivity contribution in [3.05, 3.63) is 30.0 Å². The van der Waals surface area contributed by atoms with Crippen LogP contribution in [-0.4, -0.2) is 47.7 Å². The molecule has 0 aliphatic carbocycles. The van der Waals surface area contributed by atoms with Crippen molar-refractivity contribution in [1.82, 2.24) is 9.97 Å². The molecule has 0 unspecified atom stereocenters. The largest absolute Gasteiger partial charge is 0.466 e. The zero-order chi connectivity index (χ0) is 21.7. The minimum absolute atomic E-state index is 0.242. The number of nitrogens with zero attached hydrogens (tertiary/aromatic N) is 4. The van der Waals surface area contributed by atoms with Crippen LogP contribution in [0.25, 0.3) is 11.0 Å². The summed E-state index contributed by atoms with van der Waals surface area (Å²) in [6.07, 6.45) is 1.14. The third-order valence-corrected chi connectivity index (χ3v) is 4.91. The third kappa shape index (κ3) is 4.67. The van der Waals surface area contributed by atoms with Gasteiger partial charge < -0.3 is 14.4 Å². The molecule has 1 aromatic heterocycles. The molecule has 2 aromatic rings. The van der Waals surface area contributed by atoms with E-state index in [0.29, 0.717) is 36.5 Å². The van der Waals surface area contributed by atoms with Gasteiger partial charge in [-0.15, -0.1) is 0 Å². The third-order valence-electron chi connectivity index (χ3n) is 4.91. The summed E-state index contributed by atoms with van der Waals surface area (Å²) in [6, 6.07) is 9.32. The second-order valence-corrected chi connectivity index (χ2v) is 7.51. The van der Waals surface area contributed by atoms with E-state index in [4.69, 9.17) is 14.5 Å². The van der Waals surface area contributed by atoms with Crippen LogP contribution in [0.2, 0.25) is 0 Å². The van der Waals surface area contributed by atoms with Crippen molar-refractivity contribution in [2.45, 2.75) is 45.6 Å². The Labute approximate surface area is 175 Å². The van der Waals surface area contributed by atoms with Gasteiger partial charge in [0.15, 0.2) is 11.7 Å². The highest BCUT2D eigenvalue weighted by atomic mass is 16.5. The van der Waals surface area contributed by atoms with Gasteiger partial charge >= 0.3 is 11.9 Å². The standard InChI is InChI=1S/C22H26N4O4/c1-4-29-21(27)15-8-7-11-26(13-15)20-19(16(12-23)22(28)30-14(2)3)24-17-9-5-6-10-18(17)25-20/h5-6,9-10,14-16H,4,7-8,11,13H2,1-3H3/t15-,16+/m0/s1. The summed E-state index contributed by atoms with van der Waals surface area (Å²) >= 11 is 0. The van der Waals surface area contributed by atoms with Crippen LogP contribution in [0.15, 0.2) is 24.3 Å². The highest BCUT2D eigenvalue weighted by Gasteiger charge is 2.34. The fourth-order valence-electron chi connectivity index (χ4n) is 3.58. The first kappa shape index (κ1) is 21.5. The molecule has 0 amide bonds. The summed E-state index contributed by atoms with van der Waals surface area (Å²) < 4.78 is 10.5. The first-order valence-electron chi connectivity index (χ1n) is 10.2. The van der Waals surface area contributed by atoms with Crippen molar-refractivity contribution in [2.75, 3.05) is 24.6 Å². The predicted molar refractivity (Wildman–Crippen MR) is 111 cm³/mol. The summed E-state index contributed by atoms with van der Waals surface area (Å²) in [5, 5.41) is 9.76. The normalized spacial score (nSPS) is 17.4. The maximum absolute atomic E-state index is 12.6. The number of ether oxygens (including phenoxy) is 2. The number of para-hydroxylation sites is 2. The summed E-state index contributed by atoms with van der Waals surface area (Å²) in [4.78, 5) is 36.1. The fourth-order valence-corrected chi connectivity index (χ4v) is 3.58. The van der Waals surface area contributed by atoms with Gasteiger partial charge in [-0.1, -0.05) is 12.1 Å². The number of fused-ring (bicyclic) bond motifs is 1. The number of piperidine rings is 1. The number of nitriles is 1. The van der Waals surface area contributed by atoms with Crippen molar-refractivity contribution < 1.29 is 19.1 Å². The van der Waals surface area contributed by atoms with Gasteiger partial charge in [-0.3, -0.25) is 9.59 Å². The Kier molecular flexibility index (Phi) is 6.83. The molecule has 2 atom stereocenters. The molecule has 0 spiro atoms. The van der Waals surface area contributed by atoms with Crippen molar-refractivity contribution in [3.63, 3.8) is 0 Å². The van der Waals surface area contributed by atoms with Gasteiger partial charge in [0.1, 0.15) is 5.69 Å². The molecule has 30 heavy (non-hydrogen) atoms. The Hall–Kier alpha value is -3.21. The summed E-state index contributed by atoms with van der Waals surface area (Å²) in [6.45, 7) is 6.61. The smallest absolute Gasteiger partial charge is 0.329 e. The predicted octanol–water partition coefficient (Wildman–Crippen LogP) is 2.97. The van der Waals surface area contributed by atoms with Crippen LogP contribution < -0.4 is 4.90 Å². The lowest BCUT2D eigenvalue weighted by Gasteiger charge is -2.33. The number of carbonyl (C=O) groups excluding carboxylic acids is 2. The molecular weight excluding hydrogens is 384 g/mol. The Morgan fingerprint density at radius 2 is 1.97 bits per heavy atom. The number of hydrogen-bond donors (Lipinski definition) is 0. The molecule has 8 heteroatoms. The topological polar surface area (TPSA) is 105 Å². The summed E-state index contributed by atoms with van der Waals surface area (Å²) in [5.74, 6) is -1.95. The second-order valence-electron chi connectivity index (χ2n) is 7.51. The first-order valence-corrected chi connectivity index (χ1v) is 10.2. The van der Waals surface area contributed by atoms with E-state index in [1.54, 1.807) is 26.8 Å². The Bertz CT molecular complexity index is 969. The number of esters is 2. The fraction of sp³-hybridized carbons (Fsp3) is 0.500. The highest BCUT2D eigenvalue weighted by molar-refractivity contribution is 5.85. The van der Waals surface area contributed by atoms with Gasteiger partial charge in [0.2, 0.25) is 0 Å². The van der Waals surface area contributed by atoms with E-state index in [0.717, 1.165) is 12.8 Å². The molecule has 2 heterocycles. The van der Waals surface area contributed by atoms with E-state index in [2.05, 4.69) is 4.98 Å². The lowest BCUT2D eigenvalue weighted by atomic mass is 9.97. The molecule has 3 rings (SSSR count). The van der Waals surface area contributed by atoms with E-state index >= 15 is 0 Å². The van der Waals surface area contributed by atoms with E-state index in [-0.39, 0.29) is 23.7 Å². The number of aromatic nitrogens is 2. The molecule has 1 aromatic carbocycles. The maximum Gasteiger partial charge on any atom is 0.329 e. The van der Waals surface area contributed by atoms with Gasteiger partial charge in [-0.25, -0.2) is 9.97 Å². The molecule has 1 saturated heterocycles. The van der Waals surface area contributed by atoms with Crippen LogP contribution in [-0.2, 0) is 19.1 Å². The van der Waals surface area contributed by atoms with Crippen molar-refractivity contribution in [2.24, 2.45) is 5.92 Å².